The number of nitrogens with one attached hydrogen (secondary N) is 3. The number of nitrogens with two attached hydrogens (primary N) is 2. The maximum Gasteiger partial charge on any atom is 0.237 e. The molecule has 2 amide bonds. The van der Waals surface area contributed by atoms with Gasteiger partial charge >= 0.3 is 0 Å². The van der Waals surface area contributed by atoms with Crippen LogP contribution in [0.15, 0.2) is 11.3 Å². The Bertz CT molecular complexity index is 1710. The Hall–Kier alpha value is -2.08. The molecule has 4 aliphatic heterocycles. The third kappa shape index (κ3) is 12.1. The minimum atomic E-state index is -1.56. The predicted molar refractivity (Wildman–Crippen MR) is 260 cm³/mol. The monoisotopic (exact) mass is 988 g/mol. The number of ether oxygens (including phenoxy) is 6. The molecule has 0 aromatic carbocycles. The van der Waals surface area contributed by atoms with Gasteiger partial charge in [0.15, 0.2) is 0 Å². The van der Waals surface area contributed by atoms with Crippen LogP contribution in [0.5, 0.6) is 0 Å². The molecule has 19 nitrogen and oxygen atoms in total. The zero-order chi connectivity index (χ0) is 52.0. The summed E-state index contributed by atoms with van der Waals surface area (Å²) in [7, 11) is 0. The number of carbonyl (C=O) groups excluding carboxylic acids is 2. The van der Waals surface area contributed by atoms with Gasteiger partial charge < -0.3 is 81.2 Å². The van der Waals surface area contributed by atoms with Crippen molar-refractivity contribution in [3.63, 3.8) is 0 Å². The lowest BCUT2D eigenvalue weighted by Gasteiger charge is -2.67. The molecule has 402 valence electrons. The fourth-order valence-corrected chi connectivity index (χ4v) is 11.0. The summed E-state index contributed by atoms with van der Waals surface area (Å²) in [6.45, 7) is 23.2. The molecule has 4 rings (SSSR count). The van der Waals surface area contributed by atoms with Crippen molar-refractivity contribution in [1.82, 2.24) is 16.0 Å². The summed E-state index contributed by atoms with van der Waals surface area (Å²) in [4.78, 5) is 26.7. The molecule has 4 fully saturated rings. The highest BCUT2D eigenvalue weighted by Crippen LogP contribution is 2.50. The molecule has 4 aliphatic rings. The molecule has 0 bridgehead atoms. The van der Waals surface area contributed by atoms with Crippen LogP contribution >= 0.6 is 0 Å². The number of unbranched alkanes of at least 4 members (excludes halogenated alkanes) is 1. The highest BCUT2D eigenvalue weighted by Gasteiger charge is 2.69. The van der Waals surface area contributed by atoms with E-state index in [1.54, 1.807) is 6.92 Å². The Morgan fingerprint density at radius 3 is 1.87 bits per heavy atom. The minimum absolute atomic E-state index is 0.113. The molecule has 17 unspecified atom stereocenters. The van der Waals surface area contributed by atoms with Crippen LogP contribution < -0.4 is 27.4 Å². The molecule has 0 saturated carbocycles. The summed E-state index contributed by atoms with van der Waals surface area (Å²) in [6, 6.07) is -3.76. The Kier molecular flexibility index (Phi) is 21.0. The van der Waals surface area contributed by atoms with Gasteiger partial charge in [-0.15, -0.1) is 0 Å². The molecule has 0 aliphatic carbocycles. The first-order chi connectivity index (χ1) is 32.3. The lowest BCUT2D eigenvalue weighted by Crippen LogP contribution is -2.89. The van der Waals surface area contributed by atoms with E-state index in [0.29, 0.717) is 57.1 Å². The van der Waals surface area contributed by atoms with Crippen molar-refractivity contribution in [2.75, 3.05) is 26.4 Å². The van der Waals surface area contributed by atoms with Gasteiger partial charge in [-0.2, -0.15) is 0 Å². The summed E-state index contributed by atoms with van der Waals surface area (Å²) >= 11 is 0. The van der Waals surface area contributed by atoms with Gasteiger partial charge in [0.1, 0.15) is 66.7 Å². The second kappa shape index (κ2) is 24.3. The highest BCUT2D eigenvalue weighted by molar-refractivity contribution is 5.82. The van der Waals surface area contributed by atoms with Crippen LogP contribution in [0.2, 0.25) is 0 Å². The number of amides is 2. The van der Waals surface area contributed by atoms with E-state index >= 15 is 0 Å². The number of hydrogen-bond acceptors (Lipinski definition) is 17. The standard InChI is InChI=1S/C50H93N5O14/c1-14-28(48(12,17-4)68-41-32(26-58)65-43(46(8,9)15-2)34(37(41)61)53-27(7)59)39-33(54-45(63)29(52)22-20-21-23-51)36(60)42(30(24-56)64-39)69-49(13,18-5)50(19-6)44-35(55-50)38(62)40(31(25-57)66-44)67-47(10,11)16-3/h29-38,40-44,55-58,60-62H,14-26,51-52H2,1-13H3,(H,53,59)(H,54,63)/b39-28+/t29-,30?,31?,32?,33?,34?,35?,36?,37?,38?,40?,41?,42?,43?,44?,48?,49?,50?/m0/s1. The molecule has 0 spiro atoms. The van der Waals surface area contributed by atoms with Gasteiger partial charge in [-0.3, -0.25) is 14.9 Å². The summed E-state index contributed by atoms with van der Waals surface area (Å²) < 4.78 is 40.3. The smallest absolute Gasteiger partial charge is 0.237 e. The molecule has 69 heavy (non-hydrogen) atoms. The van der Waals surface area contributed by atoms with E-state index in [4.69, 9.17) is 39.9 Å². The van der Waals surface area contributed by atoms with E-state index in [1.165, 1.54) is 6.92 Å². The van der Waals surface area contributed by atoms with Gasteiger partial charge in [-0.1, -0.05) is 61.8 Å². The molecule has 19 heteroatoms. The van der Waals surface area contributed by atoms with Gasteiger partial charge in [-0.05, 0) is 91.0 Å². The van der Waals surface area contributed by atoms with E-state index in [-0.39, 0.29) is 24.5 Å². The highest BCUT2D eigenvalue weighted by atomic mass is 16.6. The minimum Gasteiger partial charge on any atom is -0.487 e. The van der Waals surface area contributed by atoms with Gasteiger partial charge in [0.2, 0.25) is 11.8 Å². The number of fused-ring (bicyclic) bond motifs is 1. The number of aliphatic hydroxyl groups excluding tert-OH is 6. The Labute approximate surface area is 411 Å². The lowest BCUT2D eigenvalue weighted by molar-refractivity contribution is -0.320. The van der Waals surface area contributed by atoms with Gasteiger partial charge in [0, 0.05) is 12.5 Å². The van der Waals surface area contributed by atoms with E-state index in [2.05, 4.69) is 16.0 Å². The summed E-state index contributed by atoms with van der Waals surface area (Å²) in [6.07, 6.45) is -7.46. The number of aliphatic hydroxyl groups is 6. The Balaban J connectivity index is 1.81. The fraction of sp³-hybridized carbons (Fsp3) is 0.920. The Morgan fingerprint density at radius 2 is 1.36 bits per heavy atom. The van der Waals surface area contributed by atoms with Crippen LogP contribution in [0, 0.1) is 5.41 Å². The SMILES string of the molecule is CC/C(=C1\OC(CO)C(OC(C)(CC)C2(CC)NC3C(O)C(OC(C)(C)CC)C(CO)OC32)C(O)C1NC(=O)[C@@H](N)CCCCN)C(C)(CC)OC1C(CO)OC(C(C)(C)CC)C(NC(C)=O)C1O. The van der Waals surface area contributed by atoms with Gasteiger partial charge in [0.25, 0.3) is 0 Å². The molecule has 0 aromatic heterocycles. The first kappa shape index (κ1) is 59.5. The average Bonchev–Trinajstić information content (AvgIpc) is 3.31. The maximum absolute atomic E-state index is 14.1. The van der Waals surface area contributed by atoms with Crippen molar-refractivity contribution >= 4 is 11.8 Å². The topological polar surface area (TPSA) is 299 Å². The number of rotatable bonds is 25. The quantitative estimate of drug-likeness (QED) is 0.0575. The van der Waals surface area contributed by atoms with Crippen molar-refractivity contribution in [3.05, 3.63) is 11.3 Å². The third-order valence-electron chi connectivity index (χ3n) is 16.4. The van der Waals surface area contributed by atoms with Crippen molar-refractivity contribution in [1.29, 1.82) is 0 Å². The normalized spacial score (nSPS) is 37.0. The second-order valence-corrected chi connectivity index (χ2v) is 21.5. The third-order valence-corrected chi connectivity index (χ3v) is 16.4. The molecular formula is C50H93N5O14. The van der Waals surface area contributed by atoms with E-state index in [9.17, 15) is 40.2 Å². The molecular weight excluding hydrogens is 895 g/mol. The van der Waals surface area contributed by atoms with Gasteiger partial charge in [0.05, 0.1) is 72.5 Å². The zero-order valence-electron chi connectivity index (χ0n) is 44.0. The zero-order valence-corrected chi connectivity index (χ0v) is 44.0. The molecule has 18 atom stereocenters. The molecule has 0 radical (unpaired) electrons. The lowest BCUT2D eigenvalue weighted by atomic mass is 9.61. The molecule has 0 aromatic rings. The molecule has 13 N–H and O–H groups in total. The average molecular weight is 988 g/mol. The van der Waals surface area contributed by atoms with Crippen LogP contribution in [0.3, 0.4) is 0 Å². The van der Waals surface area contributed by atoms with E-state index in [0.717, 1.165) is 0 Å². The second-order valence-electron chi connectivity index (χ2n) is 21.5. The van der Waals surface area contributed by atoms with E-state index in [1.807, 2.05) is 76.2 Å². The first-order valence-corrected chi connectivity index (χ1v) is 25.8. The number of hydrogen-bond donors (Lipinski definition) is 11. The summed E-state index contributed by atoms with van der Waals surface area (Å²) in [5.41, 5.74) is 8.07. The van der Waals surface area contributed by atoms with Crippen molar-refractivity contribution in [2.45, 2.75) is 261 Å². The summed E-state index contributed by atoms with van der Waals surface area (Å²) in [5.74, 6) is -0.833. The predicted octanol–water partition coefficient (Wildman–Crippen LogP) is 1.33. The Morgan fingerprint density at radius 1 is 0.768 bits per heavy atom. The van der Waals surface area contributed by atoms with Crippen LogP contribution in [-0.4, -0.2) is 182 Å². The van der Waals surface area contributed by atoms with Crippen molar-refractivity contribution in [3.8, 4) is 0 Å². The van der Waals surface area contributed by atoms with Crippen LogP contribution in [0.1, 0.15) is 148 Å². The molecule has 4 saturated heterocycles. The van der Waals surface area contributed by atoms with Crippen LogP contribution in [0.4, 0.5) is 0 Å². The van der Waals surface area contributed by atoms with Crippen LogP contribution in [0.25, 0.3) is 0 Å². The molecule has 4 heterocycles. The fourth-order valence-electron chi connectivity index (χ4n) is 11.0. The first-order valence-electron chi connectivity index (χ1n) is 25.8. The maximum atomic E-state index is 14.1. The number of carbonyl (C=O) groups is 2. The van der Waals surface area contributed by atoms with E-state index < -0.39 is 145 Å². The largest absolute Gasteiger partial charge is 0.487 e. The van der Waals surface area contributed by atoms with Crippen molar-refractivity contribution in [2.24, 2.45) is 16.9 Å². The van der Waals surface area contributed by atoms with Crippen LogP contribution in [-0.2, 0) is 38.0 Å². The van der Waals surface area contributed by atoms with Crippen molar-refractivity contribution < 1.29 is 68.6 Å². The summed E-state index contributed by atoms with van der Waals surface area (Å²) in [5, 5.41) is 78.7. The van der Waals surface area contributed by atoms with Gasteiger partial charge in [-0.25, -0.2) is 0 Å².